The van der Waals surface area contributed by atoms with Gasteiger partial charge in [0.25, 0.3) is 11.8 Å². The molecule has 0 atom stereocenters. The van der Waals surface area contributed by atoms with Crippen LogP contribution in [0.15, 0.2) is 24.3 Å². The Bertz CT molecular complexity index is 542. The van der Waals surface area contributed by atoms with Crippen molar-refractivity contribution in [1.82, 2.24) is 4.90 Å². The molecule has 106 valence electrons. The Morgan fingerprint density at radius 2 is 1.65 bits per heavy atom. The normalized spacial score (nSPS) is 14.7. The minimum atomic E-state index is -0.803. The molecule has 0 bridgehead atoms. The van der Waals surface area contributed by atoms with E-state index in [0.29, 0.717) is 11.1 Å². The molecule has 5 nitrogen and oxygen atoms in total. The van der Waals surface area contributed by atoms with Crippen LogP contribution in [0.2, 0.25) is 0 Å². The number of benzene rings is 1. The summed E-state index contributed by atoms with van der Waals surface area (Å²) in [4.78, 5) is 36.8. The van der Waals surface area contributed by atoms with Crippen LogP contribution in [0.5, 0.6) is 0 Å². The molecule has 0 saturated carbocycles. The first-order valence-electron chi connectivity index (χ1n) is 6.40. The summed E-state index contributed by atoms with van der Waals surface area (Å²) in [5.74, 6) is -0.729. The summed E-state index contributed by atoms with van der Waals surface area (Å²) in [7, 11) is 0. The minimum absolute atomic E-state index is 0.0212. The van der Waals surface area contributed by atoms with E-state index in [1.54, 1.807) is 38.1 Å². The fraction of sp³-hybridized carbons (Fsp3) is 0.400. The highest BCUT2D eigenvalue weighted by molar-refractivity contribution is 6.21. The maximum atomic E-state index is 12.3. The molecule has 0 unspecified atom stereocenters. The molecule has 0 saturated heterocycles. The summed E-state index contributed by atoms with van der Waals surface area (Å²) in [6, 6.07) is 6.74. The summed E-state index contributed by atoms with van der Waals surface area (Å²) in [6.45, 7) is 5.02. The number of imide groups is 1. The van der Waals surface area contributed by atoms with E-state index in [1.165, 1.54) is 11.8 Å². The molecular weight excluding hydrogens is 258 g/mol. The first-order chi connectivity index (χ1) is 9.34. The van der Waals surface area contributed by atoms with E-state index in [1.807, 2.05) is 0 Å². The SMILES string of the molecule is CC(=O)COCC(C)(C)N1C(=O)c2ccccc2C1=O. The van der Waals surface area contributed by atoms with E-state index >= 15 is 0 Å². The lowest BCUT2D eigenvalue weighted by molar-refractivity contribution is -0.122. The van der Waals surface area contributed by atoms with Crippen molar-refractivity contribution >= 4 is 17.6 Å². The van der Waals surface area contributed by atoms with Gasteiger partial charge in [0.15, 0.2) is 5.78 Å². The number of carbonyl (C=O) groups excluding carboxylic acids is 3. The summed E-state index contributed by atoms with van der Waals surface area (Å²) in [5.41, 5.74) is 0.0251. The van der Waals surface area contributed by atoms with Gasteiger partial charge in [0, 0.05) is 0 Å². The molecule has 1 aliphatic heterocycles. The number of amides is 2. The first kappa shape index (κ1) is 14.4. The Labute approximate surface area is 117 Å². The van der Waals surface area contributed by atoms with Gasteiger partial charge in [0.2, 0.25) is 0 Å². The second-order valence-corrected chi connectivity index (χ2v) is 5.50. The lowest BCUT2D eigenvalue weighted by Crippen LogP contribution is -2.50. The molecule has 1 aromatic rings. The van der Waals surface area contributed by atoms with E-state index in [0.717, 1.165) is 0 Å². The average molecular weight is 275 g/mol. The van der Waals surface area contributed by atoms with Crippen molar-refractivity contribution in [3.05, 3.63) is 35.4 Å². The third-order valence-electron chi connectivity index (χ3n) is 3.16. The minimum Gasteiger partial charge on any atom is -0.371 e. The molecule has 2 amide bonds. The van der Waals surface area contributed by atoms with Crippen molar-refractivity contribution in [1.29, 1.82) is 0 Å². The molecule has 0 N–H and O–H groups in total. The molecule has 1 aromatic carbocycles. The monoisotopic (exact) mass is 275 g/mol. The van der Waals surface area contributed by atoms with Gasteiger partial charge in [-0.25, -0.2) is 0 Å². The number of nitrogens with zero attached hydrogens (tertiary/aromatic N) is 1. The number of Topliss-reactive ketones (excluding diaryl/α,β-unsaturated/α-hetero) is 1. The fourth-order valence-corrected chi connectivity index (χ4v) is 2.25. The van der Waals surface area contributed by atoms with Gasteiger partial charge in [-0.1, -0.05) is 12.1 Å². The first-order valence-corrected chi connectivity index (χ1v) is 6.40. The third kappa shape index (κ3) is 2.49. The van der Waals surface area contributed by atoms with Crippen molar-refractivity contribution in [3.63, 3.8) is 0 Å². The Kier molecular flexibility index (Phi) is 3.72. The smallest absolute Gasteiger partial charge is 0.262 e. The molecule has 0 radical (unpaired) electrons. The Balaban J connectivity index is 2.19. The number of carbonyl (C=O) groups is 3. The second kappa shape index (κ2) is 5.17. The Hall–Kier alpha value is -2.01. The number of hydrogen-bond acceptors (Lipinski definition) is 4. The Morgan fingerprint density at radius 3 is 2.10 bits per heavy atom. The van der Waals surface area contributed by atoms with Crippen molar-refractivity contribution in [3.8, 4) is 0 Å². The van der Waals surface area contributed by atoms with Gasteiger partial charge in [-0.2, -0.15) is 0 Å². The highest BCUT2D eigenvalue weighted by Crippen LogP contribution is 2.29. The molecule has 1 heterocycles. The molecule has 0 fully saturated rings. The summed E-state index contributed by atoms with van der Waals surface area (Å²) >= 11 is 0. The predicted octanol–water partition coefficient (Wildman–Crippen LogP) is 1.67. The number of hydrogen-bond donors (Lipinski definition) is 0. The van der Waals surface area contributed by atoms with Gasteiger partial charge >= 0.3 is 0 Å². The highest BCUT2D eigenvalue weighted by atomic mass is 16.5. The molecule has 0 spiro atoms. The van der Waals surface area contributed by atoms with E-state index in [4.69, 9.17) is 4.74 Å². The molecule has 20 heavy (non-hydrogen) atoms. The number of ether oxygens (including phenoxy) is 1. The van der Waals surface area contributed by atoms with Crippen molar-refractivity contribution in [2.24, 2.45) is 0 Å². The van der Waals surface area contributed by atoms with Gasteiger partial charge in [-0.05, 0) is 32.9 Å². The van der Waals surface area contributed by atoms with Crippen molar-refractivity contribution in [2.45, 2.75) is 26.3 Å². The van der Waals surface area contributed by atoms with Crippen molar-refractivity contribution < 1.29 is 19.1 Å². The standard InChI is InChI=1S/C15H17NO4/c1-10(17)8-20-9-15(2,3)16-13(18)11-6-4-5-7-12(11)14(16)19/h4-7H,8-9H2,1-3H3. The lowest BCUT2D eigenvalue weighted by atomic mass is 10.0. The second-order valence-electron chi connectivity index (χ2n) is 5.50. The van der Waals surface area contributed by atoms with Crippen LogP contribution >= 0.6 is 0 Å². The molecule has 0 aromatic heterocycles. The van der Waals surface area contributed by atoms with Crippen LogP contribution in [0, 0.1) is 0 Å². The third-order valence-corrected chi connectivity index (χ3v) is 3.16. The van der Waals surface area contributed by atoms with Gasteiger partial charge < -0.3 is 4.74 Å². The average Bonchev–Trinajstić information content (AvgIpc) is 2.62. The van der Waals surface area contributed by atoms with Crippen LogP contribution < -0.4 is 0 Å². The fourth-order valence-electron chi connectivity index (χ4n) is 2.25. The Morgan fingerprint density at radius 1 is 1.15 bits per heavy atom. The number of rotatable bonds is 5. The van der Waals surface area contributed by atoms with Gasteiger partial charge in [0.1, 0.15) is 6.61 Å². The zero-order valence-corrected chi connectivity index (χ0v) is 11.8. The van der Waals surface area contributed by atoms with Gasteiger partial charge in [-0.3, -0.25) is 19.3 Å². The maximum absolute atomic E-state index is 12.3. The van der Waals surface area contributed by atoms with E-state index < -0.39 is 5.54 Å². The molecule has 5 heteroatoms. The summed E-state index contributed by atoms with van der Waals surface area (Å²) in [6.07, 6.45) is 0. The van der Waals surface area contributed by atoms with Crippen LogP contribution in [0.1, 0.15) is 41.5 Å². The van der Waals surface area contributed by atoms with Crippen molar-refractivity contribution in [2.75, 3.05) is 13.2 Å². The molecular formula is C15H17NO4. The van der Waals surface area contributed by atoms with Crippen LogP contribution in [0.4, 0.5) is 0 Å². The highest BCUT2D eigenvalue weighted by Gasteiger charge is 2.43. The largest absolute Gasteiger partial charge is 0.371 e. The van der Waals surface area contributed by atoms with Crippen LogP contribution in [-0.4, -0.2) is 41.3 Å². The zero-order valence-electron chi connectivity index (χ0n) is 11.8. The van der Waals surface area contributed by atoms with Gasteiger partial charge in [-0.15, -0.1) is 0 Å². The molecule has 0 aliphatic carbocycles. The van der Waals surface area contributed by atoms with E-state index in [2.05, 4.69) is 0 Å². The van der Waals surface area contributed by atoms with E-state index in [9.17, 15) is 14.4 Å². The number of fused-ring (bicyclic) bond motifs is 1. The molecule has 1 aliphatic rings. The maximum Gasteiger partial charge on any atom is 0.262 e. The quantitative estimate of drug-likeness (QED) is 0.767. The zero-order chi connectivity index (χ0) is 14.9. The topological polar surface area (TPSA) is 63.7 Å². The lowest BCUT2D eigenvalue weighted by Gasteiger charge is -2.33. The summed E-state index contributed by atoms with van der Waals surface area (Å²) in [5, 5.41) is 0. The number of ketones is 1. The predicted molar refractivity (Wildman–Crippen MR) is 72.5 cm³/mol. The van der Waals surface area contributed by atoms with E-state index in [-0.39, 0.29) is 30.8 Å². The van der Waals surface area contributed by atoms with Crippen LogP contribution in [0.3, 0.4) is 0 Å². The summed E-state index contributed by atoms with van der Waals surface area (Å²) < 4.78 is 5.27. The van der Waals surface area contributed by atoms with Crippen LogP contribution in [0.25, 0.3) is 0 Å². The molecule has 2 rings (SSSR count). The van der Waals surface area contributed by atoms with Crippen LogP contribution in [-0.2, 0) is 9.53 Å². The van der Waals surface area contributed by atoms with Gasteiger partial charge in [0.05, 0.1) is 23.3 Å².